The van der Waals surface area contributed by atoms with Crippen molar-refractivity contribution in [3.8, 4) is 0 Å². The molecule has 3 rings (SSSR count). The standard InChI is InChI=1S/C17H18F6N4O2/c1-14(2,3)29-13(28)26-8-15(4,17(21,22)23)12-10(26)7-24-11-5-9(25-27(11)12)6-16(18,19)20/h5,7H,6,8H2,1-4H3. The van der Waals surface area contributed by atoms with E-state index in [-0.39, 0.29) is 11.3 Å². The molecule has 1 atom stereocenters. The summed E-state index contributed by atoms with van der Waals surface area (Å²) in [5, 5.41) is 3.70. The molecule has 1 aliphatic heterocycles. The van der Waals surface area contributed by atoms with Crippen molar-refractivity contribution in [2.75, 3.05) is 11.4 Å². The summed E-state index contributed by atoms with van der Waals surface area (Å²) < 4.78 is 85.9. The number of fused-ring (bicyclic) bond motifs is 3. The average Bonchev–Trinajstić information content (AvgIpc) is 3.01. The maximum Gasteiger partial charge on any atom is 0.414 e. The van der Waals surface area contributed by atoms with Crippen molar-refractivity contribution >= 4 is 17.4 Å². The lowest BCUT2D eigenvalue weighted by molar-refractivity contribution is -0.181. The van der Waals surface area contributed by atoms with Gasteiger partial charge in [0.1, 0.15) is 11.0 Å². The van der Waals surface area contributed by atoms with Gasteiger partial charge in [-0.25, -0.2) is 14.3 Å². The number of alkyl halides is 6. The molecule has 0 aliphatic carbocycles. The fourth-order valence-corrected chi connectivity index (χ4v) is 3.16. The second-order valence-corrected chi connectivity index (χ2v) is 8.09. The normalized spacial score (nSPS) is 20.3. The number of carbonyl (C=O) groups is 1. The number of nitrogens with zero attached hydrogens (tertiary/aromatic N) is 4. The molecule has 12 heteroatoms. The van der Waals surface area contributed by atoms with Crippen LogP contribution in [0.2, 0.25) is 0 Å². The van der Waals surface area contributed by atoms with E-state index in [1.54, 1.807) is 20.8 Å². The first-order chi connectivity index (χ1) is 13.0. The first-order valence-corrected chi connectivity index (χ1v) is 8.54. The summed E-state index contributed by atoms with van der Waals surface area (Å²) in [6.07, 6.45) is -10.8. The molecule has 0 radical (unpaired) electrons. The van der Waals surface area contributed by atoms with E-state index in [9.17, 15) is 31.1 Å². The molecular weight excluding hydrogens is 406 g/mol. The van der Waals surface area contributed by atoms with Gasteiger partial charge in [0, 0.05) is 12.6 Å². The van der Waals surface area contributed by atoms with Crippen LogP contribution >= 0.6 is 0 Å². The minimum Gasteiger partial charge on any atom is -0.443 e. The minimum absolute atomic E-state index is 0.176. The highest BCUT2D eigenvalue weighted by Gasteiger charge is 2.61. The zero-order valence-electron chi connectivity index (χ0n) is 15.9. The second-order valence-electron chi connectivity index (χ2n) is 8.09. The van der Waals surface area contributed by atoms with Gasteiger partial charge < -0.3 is 4.74 Å². The van der Waals surface area contributed by atoms with Gasteiger partial charge in [0.15, 0.2) is 5.65 Å². The van der Waals surface area contributed by atoms with Gasteiger partial charge in [0.05, 0.1) is 29.7 Å². The predicted molar refractivity (Wildman–Crippen MR) is 89.7 cm³/mol. The van der Waals surface area contributed by atoms with E-state index in [1.165, 1.54) is 0 Å². The van der Waals surface area contributed by atoms with Crippen LogP contribution in [0.3, 0.4) is 0 Å². The fraction of sp³-hybridized carbons (Fsp3) is 0.588. The highest BCUT2D eigenvalue weighted by molar-refractivity contribution is 5.91. The quantitative estimate of drug-likeness (QED) is 0.637. The van der Waals surface area contributed by atoms with Crippen LogP contribution in [0.15, 0.2) is 12.3 Å². The smallest absolute Gasteiger partial charge is 0.414 e. The number of hydrogen-bond donors (Lipinski definition) is 0. The van der Waals surface area contributed by atoms with Crippen LogP contribution in [0.1, 0.15) is 39.1 Å². The van der Waals surface area contributed by atoms with Crippen LogP contribution < -0.4 is 4.90 Å². The molecule has 6 nitrogen and oxygen atoms in total. The number of anilines is 1. The van der Waals surface area contributed by atoms with E-state index < -0.39 is 53.8 Å². The van der Waals surface area contributed by atoms with Crippen molar-refractivity contribution in [1.29, 1.82) is 0 Å². The Hall–Kier alpha value is -2.53. The number of halogens is 6. The van der Waals surface area contributed by atoms with Crippen LogP contribution in [0.25, 0.3) is 5.65 Å². The van der Waals surface area contributed by atoms with Crippen molar-refractivity contribution in [3.05, 3.63) is 23.7 Å². The van der Waals surface area contributed by atoms with E-state index in [1.807, 2.05) is 0 Å². The van der Waals surface area contributed by atoms with Gasteiger partial charge >= 0.3 is 18.4 Å². The summed E-state index contributed by atoms with van der Waals surface area (Å²) in [5.41, 5.74) is -4.87. The Morgan fingerprint density at radius 1 is 1.21 bits per heavy atom. The molecule has 2 aromatic rings. The molecule has 160 valence electrons. The van der Waals surface area contributed by atoms with Crippen molar-refractivity contribution in [2.24, 2.45) is 0 Å². The molecular formula is C17H18F6N4O2. The lowest BCUT2D eigenvalue weighted by atomic mass is 9.88. The Morgan fingerprint density at radius 3 is 2.34 bits per heavy atom. The van der Waals surface area contributed by atoms with Gasteiger partial charge in [0.25, 0.3) is 0 Å². The van der Waals surface area contributed by atoms with Gasteiger partial charge in [0.2, 0.25) is 0 Å². The Bertz CT molecular complexity index is 960. The van der Waals surface area contributed by atoms with E-state index in [4.69, 9.17) is 4.74 Å². The molecule has 0 N–H and O–H groups in total. The van der Waals surface area contributed by atoms with Crippen LogP contribution in [0.5, 0.6) is 0 Å². The van der Waals surface area contributed by atoms with Crippen LogP contribution in [0.4, 0.5) is 36.8 Å². The van der Waals surface area contributed by atoms with Crippen molar-refractivity contribution in [3.63, 3.8) is 0 Å². The molecule has 0 spiro atoms. The van der Waals surface area contributed by atoms with E-state index in [0.717, 1.165) is 28.6 Å². The maximum absolute atomic E-state index is 14.0. The Morgan fingerprint density at radius 2 is 1.83 bits per heavy atom. The van der Waals surface area contributed by atoms with Gasteiger partial charge in [-0.05, 0) is 27.7 Å². The third-order valence-corrected chi connectivity index (χ3v) is 4.42. The number of hydrogen-bond acceptors (Lipinski definition) is 4. The first-order valence-electron chi connectivity index (χ1n) is 8.54. The molecule has 29 heavy (non-hydrogen) atoms. The largest absolute Gasteiger partial charge is 0.443 e. The van der Waals surface area contributed by atoms with E-state index in [2.05, 4.69) is 10.1 Å². The summed E-state index contributed by atoms with van der Waals surface area (Å²) in [4.78, 5) is 17.2. The predicted octanol–water partition coefficient (Wildman–Crippen LogP) is 4.41. The Balaban J connectivity index is 2.18. The highest BCUT2D eigenvalue weighted by atomic mass is 19.4. The topological polar surface area (TPSA) is 59.7 Å². The van der Waals surface area contributed by atoms with Gasteiger partial charge in [-0.1, -0.05) is 0 Å². The van der Waals surface area contributed by atoms with E-state index in [0.29, 0.717) is 0 Å². The Kier molecular flexibility index (Phi) is 4.55. The Labute approximate surface area is 161 Å². The third-order valence-electron chi connectivity index (χ3n) is 4.42. The number of amides is 1. The van der Waals surface area contributed by atoms with Crippen LogP contribution in [-0.4, -0.2) is 45.2 Å². The number of carbonyl (C=O) groups excluding carboxylic acids is 1. The van der Waals surface area contributed by atoms with E-state index >= 15 is 0 Å². The maximum atomic E-state index is 14.0. The summed E-state index contributed by atoms with van der Waals surface area (Å²) in [6.45, 7) is 4.73. The molecule has 0 aromatic carbocycles. The van der Waals surface area contributed by atoms with Crippen molar-refractivity contribution in [1.82, 2.24) is 14.6 Å². The molecule has 3 heterocycles. The first kappa shape index (κ1) is 21.2. The summed E-state index contributed by atoms with van der Waals surface area (Å²) in [6, 6.07) is 0.973. The van der Waals surface area contributed by atoms with Crippen LogP contribution in [0, 0.1) is 0 Å². The number of ether oxygens (including phenoxy) is 1. The minimum atomic E-state index is -4.82. The van der Waals surface area contributed by atoms with Crippen LogP contribution in [-0.2, 0) is 16.6 Å². The molecule has 0 fully saturated rings. The fourth-order valence-electron chi connectivity index (χ4n) is 3.16. The number of rotatable bonds is 1. The van der Waals surface area contributed by atoms with Gasteiger partial charge in [-0.3, -0.25) is 4.90 Å². The molecule has 1 unspecified atom stereocenters. The molecule has 0 bridgehead atoms. The monoisotopic (exact) mass is 424 g/mol. The lowest BCUT2D eigenvalue weighted by Crippen LogP contribution is -2.46. The zero-order chi connectivity index (χ0) is 22.0. The third kappa shape index (κ3) is 3.84. The summed E-state index contributed by atoms with van der Waals surface area (Å²) >= 11 is 0. The molecule has 1 aliphatic rings. The average molecular weight is 424 g/mol. The zero-order valence-corrected chi connectivity index (χ0v) is 15.9. The van der Waals surface area contributed by atoms with Gasteiger partial charge in [-0.2, -0.15) is 31.4 Å². The van der Waals surface area contributed by atoms with Gasteiger partial charge in [-0.15, -0.1) is 0 Å². The summed E-state index contributed by atoms with van der Waals surface area (Å²) in [7, 11) is 0. The SMILES string of the molecule is CC(C)(C)OC(=O)N1CC(C)(C(F)(F)F)c2c1cnc1cc(CC(F)(F)F)nn21. The van der Waals surface area contributed by atoms with Crippen molar-refractivity contribution < 1.29 is 35.9 Å². The molecule has 0 saturated carbocycles. The highest BCUT2D eigenvalue weighted by Crippen LogP contribution is 2.50. The molecule has 1 amide bonds. The second kappa shape index (κ2) is 6.23. The molecule has 0 saturated heterocycles. The summed E-state index contributed by atoms with van der Waals surface area (Å²) in [5.74, 6) is 0. The van der Waals surface area contributed by atoms with Crippen molar-refractivity contribution in [2.45, 2.75) is 57.5 Å². The number of aromatic nitrogens is 3. The lowest BCUT2D eigenvalue weighted by Gasteiger charge is -2.29. The molecule has 2 aromatic heterocycles.